The van der Waals surface area contributed by atoms with Gasteiger partial charge in [-0.25, -0.2) is 4.68 Å². The van der Waals surface area contributed by atoms with Crippen molar-refractivity contribution in [3.05, 3.63) is 41.6 Å². The van der Waals surface area contributed by atoms with Gasteiger partial charge in [-0.05, 0) is 37.0 Å². The predicted octanol–water partition coefficient (Wildman–Crippen LogP) is 3.18. The first-order valence-electron chi connectivity index (χ1n) is 7.79. The molecule has 110 valence electrons. The Morgan fingerprint density at radius 3 is 2.62 bits per heavy atom. The Morgan fingerprint density at radius 1 is 1.19 bits per heavy atom. The lowest BCUT2D eigenvalue weighted by molar-refractivity contribution is 0.290. The van der Waals surface area contributed by atoms with E-state index in [1.165, 1.54) is 36.3 Å². The highest BCUT2D eigenvalue weighted by Gasteiger charge is 2.43. The number of fused-ring (bicyclic) bond motifs is 1. The predicted molar refractivity (Wildman–Crippen MR) is 83.0 cm³/mol. The van der Waals surface area contributed by atoms with E-state index in [4.69, 9.17) is 9.84 Å². The minimum Gasteiger partial charge on any atom is -0.497 e. The van der Waals surface area contributed by atoms with E-state index < -0.39 is 0 Å². The molecule has 0 bridgehead atoms. The molecule has 2 heterocycles. The summed E-state index contributed by atoms with van der Waals surface area (Å²) < 4.78 is 7.40. The van der Waals surface area contributed by atoms with Gasteiger partial charge in [0.1, 0.15) is 11.6 Å². The maximum atomic E-state index is 5.28. The van der Waals surface area contributed by atoms with E-state index in [0.29, 0.717) is 0 Å². The third-order valence-corrected chi connectivity index (χ3v) is 4.97. The minimum absolute atomic E-state index is 0.109. The lowest BCUT2D eigenvalue weighted by Gasteiger charge is -2.41. The van der Waals surface area contributed by atoms with Crippen LogP contribution in [0, 0.1) is 0 Å². The summed E-state index contributed by atoms with van der Waals surface area (Å²) in [6.07, 6.45) is 4.82. The van der Waals surface area contributed by atoms with E-state index in [-0.39, 0.29) is 5.41 Å². The molecule has 0 atom stereocenters. The zero-order valence-electron chi connectivity index (χ0n) is 12.4. The Bertz CT molecular complexity index is 617. The van der Waals surface area contributed by atoms with Crippen molar-refractivity contribution in [2.75, 3.05) is 19.0 Å². The van der Waals surface area contributed by atoms with E-state index in [9.17, 15) is 0 Å². The maximum absolute atomic E-state index is 5.28. The quantitative estimate of drug-likeness (QED) is 0.940. The number of hydrogen-bond donors (Lipinski definition) is 1. The molecule has 0 unspecified atom stereocenters. The van der Waals surface area contributed by atoms with E-state index in [1.54, 1.807) is 7.11 Å². The van der Waals surface area contributed by atoms with Crippen molar-refractivity contribution in [3.63, 3.8) is 0 Å². The molecule has 2 aliphatic rings. The summed E-state index contributed by atoms with van der Waals surface area (Å²) in [5, 5.41) is 8.34. The van der Waals surface area contributed by atoms with Gasteiger partial charge in [0.25, 0.3) is 0 Å². The van der Waals surface area contributed by atoms with Gasteiger partial charge in [0.05, 0.1) is 12.8 Å². The fourth-order valence-corrected chi connectivity index (χ4v) is 3.54. The van der Waals surface area contributed by atoms with Gasteiger partial charge >= 0.3 is 0 Å². The van der Waals surface area contributed by atoms with E-state index in [2.05, 4.69) is 40.3 Å². The molecule has 4 heteroatoms. The van der Waals surface area contributed by atoms with Gasteiger partial charge in [-0.2, -0.15) is 5.10 Å². The van der Waals surface area contributed by atoms with Gasteiger partial charge in [0, 0.05) is 24.6 Å². The number of hydrogen-bond acceptors (Lipinski definition) is 3. The average molecular weight is 283 g/mol. The second kappa shape index (κ2) is 4.79. The van der Waals surface area contributed by atoms with Crippen molar-refractivity contribution in [2.45, 2.75) is 37.6 Å². The number of rotatable bonds is 3. The first kappa shape index (κ1) is 12.7. The Morgan fingerprint density at radius 2 is 2.00 bits per heavy atom. The Balaban J connectivity index is 1.73. The van der Waals surface area contributed by atoms with Crippen LogP contribution in [0.15, 0.2) is 30.3 Å². The van der Waals surface area contributed by atoms with Crippen LogP contribution in [0.4, 0.5) is 5.82 Å². The molecule has 1 N–H and O–H groups in total. The number of nitrogens with one attached hydrogen (secondary N) is 1. The molecule has 0 saturated heterocycles. The van der Waals surface area contributed by atoms with Gasteiger partial charge in [0.2, 0.25) is 0 Å². The number of benzene rings is 1. The molecule has 1 aromatic carbocycles. The molecule has 4 nitrogen and oxygen atoms in total. The lowest BCUT2D eigenvalue weighted by Crippen LogP contribution is -2.36. The van der Waals surface area contributed by atoms with Crippen molar-refractivity contribution in [3.8, 4) is 5.75 Å². The summed E-state index contributed by atoms with van der Waals surface area (Å²) in [6.45, 7) is 2.09. The normalized spacial score (nSPS) is 19.3. The van der Waals surface area contributed by atoms with Crippen molar-refractivity contribution in [1.82, 2.24) is 9.78 Å². The average Bonchev–Trinajstić information content (AvgIpc) is 2.91. The zero-order chi connectivity index (χ0) is 14.3. The Hall–Kier alpha value is -1.97. The maximum Gasteiger partial charge on any atom is 0.124 e. The first-order valence-corrected chi connectivity index (χ1v) is 7.79. The fraction of sp³-hybridized carbons (Fsp3) is 0.471. The molecular formula is C17H21N3O. The summed E-state index contributed by atoms with van der Waals surface area (Å²) in [5.41, 5.74) is 2.70. The topological polar surface area (TPSA) is 39.1 Å². The van der Waals surface area contributed by atoms with Gasteiger partial charge < -0.3 is 10.1 Å². The van der Waals surface area contributed by atoms with E-state index in [0.717, 1.165) is 25.3 Å². The van der Waals surface area contributed by atoms with Gasteiger partial charge in [-0.3, -0.25) is 0 Å². The van der Waals surface area contributed by atoms with E-state index >= 15 is 0 Å². The second-order valence-electron chi connectivity index (χ2n) is 6.08. The summed E-state index contributed by atoms with van der Waals surface area (Å²) in [4.78, 5) is 0. The van der Waals surface area contributed by atoms with Crippen molar-refractivity contribution >= 4 is 5.82 Å². The highest BCUT2D eigenvalue weighted by Crippen LogP contribution is 2.49. The Labute approximate surface area is 125 Å². The molecule has 2 aromatic rings. The smallest absolute Gasteiger partial charge is 0.124 e. The van der Waals surface area contributed by atoms with Crippen LogP contribution in [0.2, 0.25) is 0 Å². The highest BCUT2D eigenvalue weighted by molar-refractivity contribution is 5.47. The SMILES string of the molecule is COc1ccc(C2(c3cc4n(n3)CCCN4)CCC2)cc1. The number of aromatic nitrogens is 2. The summed E-state index contributed by atoms with van der Waals surface area (Å²) >= 11 is 0. The number of nitrogens with zero attached hydrogens (tertiary/aromatic N) is 2. The molecule has 1 aromatic heterocycles. The number of anilines is 1. The summed E-state index contributed by atoms with van der Waals surface area (Å²) in [6, 6.07) is 10.8. The molecular weight excluding hydrogens is 262 g/mol. The molecule has 1 fully saturated rings. The van der Waals surface area contributed by atoms with Crippen LogP contribution < -0.4 is 10.1 Å². The highest BCUT2D eigenvalue weighted by atomic mass is 16.5. The number of methoxy groups -OCH3 is 1. The van der Waals surface area contributed by atoms with E-state index in [1.807, 2.05) is 0 Å². The molecule has 0 amide bonds. The Kier molecular flexibility index (Phi) is 2.91. The van der Waals surface area contributed by atoms with Gasteiger partial charge in [-0.15, -0.1) is 0 Å². The van der Waals surface area contributed by atoms with Gasteiger partial charge in [0.15, 0.2) is 0 Å². The van der Waals surface area contributed by atoms with Gasteiger partial charge in [-0.1, -0.05) is 18.6 Å². The summed E-state index contributed by atoms with van der Waals surface area (Å²) in [5.74, 6) is 2.09. The monoisotopic (exact) mass is 283 g/mol. The lowest BCUT2D eigenvalue weighted by atomic mass is 9.62. The van der Waals surface area contributed by atoms with Crippen LogP contribution in [0.5, 0.6) is 5.75 Å². The number of ether oxygens (including phenoxy) is 1. The first-order chi connectivity index (χ1) is 10.3. The molecule has 1 aliphatic heterocycles. The molecule has 1 aliphatic carbocycles. The van der Waals surface area contributed by atoms with Crippen molar-refractivity contribution in [2.24, 2.45) is 0 Å². The minimum atomic E-state index is 0.109. The standard InChI is InChI=1S/C17H21N3O/c1-21-14-6-4-13(5-7-14)17(8-2-9-17)15-12-16-18-10-3-11-20(16)19-15/h4-7,12,18H,2-3,8-11H2,1H3. The van der Waals surface area contributed by atoms with Crippen molar-refractivity contribution in [1.29, 1.82) is 0 Å². The van der Waals surface area contributed by atoms with Crippen molar-refractivity contribution < 1.29 is 4.74 Å². The van der Waals surface area contributed by atoms with Crippen LogP contribution in [0.3, 0.4) is 0 Å². The van der Waals surface area contributed by atoms with Crippen LogP contribution in [-0.2, 0) is 12.0 Å². The zero-order valence-corrected chi connectivity index (χ0v) is 12.4. The summed E-state index contributed by atoms with van der Waals surface area (Å²) in [7, 11) is 1.71. The number of aryl methyl sites for hydroxylation is 1. The van der Waals surface area contributed by atoms with Crippen LogP contribution in [0.25, 0.3) is 0 Å². The molecule has 21 heavy (non-hydrogen) atoms. The van der Waals surface area contributed by atoms with Crippen LogP contribution >= 0.6 is 0 Å². The van der Waals surface area contributed by atoms with Crippen LogP contribution in [0.1, 0.15) is 36.9 Å². The van der Waals surface area contributed by atoms with Crippen LogP contribution in [-0.4, -0.2) is 23.4 Å². The fourth-order valence-electron chi connectivity index (χ4n) is 3.54. The largest absolute Gasteiger partial charge is 0.497 e. The second-order valence-corrected chi connectivity index (χ2v) is 6.08. The third kappa shape index (κ3) is 1.93. The molecule has 1 saturated carbocycles. The molecule has 0 radical (unpaired) electrons. The molecule has 4 rings (SSSR count). The molecule has 0 spiro atoms. The third-order valence-electron chi connectivity index (χ3n) is 4.97.